The lowest BCUT2D eigenvalue weighted by Crippen LogP contribution is -2.44. The van der Waals surface area contributed by atoms with Crippen molar-refractivity contribution in [2.24, 2.45) is 11.8 Å². The minimum Gasteiger partial charge on any atom is -0.481 e. The molecule has 1 heterocycles. The molecule has 0 spiro atoms. The molecule has 0 bridgehead atoms. The first-order valence-corrected chi connectivity index (χ1v) is 4.18. The molecule has 0 aliphatic carbocycles. The quantitative estimate of drug-likeness (QED) is 0.568. The van der Waals surface area contributed by atoms with E-state index in [-0.39, 0.29) is 0 Å². The molecule has 0 aromatic rings. The monoisotopic (exact) mass is 187 g/mol. The van der Waals surface area contributed by atoms with Crippen molar-refractivity contribution in [3.05, 3.63) is 0 Å². The summed E-state index contributed by atoms with van der Waals surface area (Å²) >= 11 is 0. The van der Waals surface area contributed by atoms with Gasteiger partial charge >= 0.3 is 11.9 Å². The number of carboxylic acids is 1. The van der Waals surface area contributed by atoms with Crippen LogP contribution < -0.4 is 5.32 Å². The smallest absolute Gasteiger partial charge is 0.310 e. The predicted octanol–water partition coefficient (Wildman–Crippen LogP) is -0.530. The van der Waals surface area contributed by atoms with Gasteiger partial charge in [-0.05, 0) is 13.0 Å². The van der Waals surface area contributed by atoms with Gasteiger partial charge in [0.1, 0.15) is 0 Å². The lowest BCUT2D eigenvalue weighted by atomic mass is 9.86. The van der Waals surface area contributed by atoms with Gasteiger partial charge in [-0.1, -0.05) is 0 Å². The van der Waals surface area contributed by atoms with Gasteiger partial charge in [0.2, 0.25) is 0 Å². The number of piperidine rings is 1. The number of ether oxygens (including phenoxy) is 1. The van der Waals surface area contributed by atoms with Crippen molar-refractivity contribution < 1.29 is 19.4 Å². The van der Waals surface area contributed by atoms with Crippen molar-refractivity contribution in [1.29, 1.82) is 0 Å². The van der Waals surface area contributed by atoms with E-state index in [1.807, 2.05) is 0 Å². The van der Waals surface area contributed by atoms with E-state index in [1.165, 1.54) is 7.11 Å². The fourth-order valence-electron chi connectivity index (χ4n) is 1.55. The van der Waals surface area contributed by atoms with Crippen LogP contribution in [0.4, 0.5) is 0 Å². The van der Waals surface area contributed by atoms with Crippen LogP contribution in [-0.4, -0.2) is 37.2 Å². The third-order valence-corrected chi connectivity index (χ3v) is 2.30. The second-order valence-electron chi connectivity index (χ2n) is 3.07. The molecule has 1 aliphatic rings. The molecule has 2 atom stereocenters. The molecule has 0 unspecified atom stereocenters. The largest absolute Gasteiger partial charge is 0.481 e. The van der Waals surface area contributed by atoms with Crippen LogP contribution in [-0.2, 0) is 14.3 Å². The van der Waals surface area contributed by atoms with Crippen molar-refractivity contribution >= 4 is 11.9 Å². The zero-order valence-corrected chi connectivity index (χ0v) is 7.45. The van der Waals surface area contributed by atoms with E-state index in [2.05, 4.69) is 10.1 Å². The predicted molar refractivity (Wildman–Crippen MR) is 44.1 cm³/mol. The van der Waals surface area contributed by atoms with E-state index in [4.69, 9.17) is 5.11 Å². The van der Waals surface area contributed by atoms with Gasteiger partial charge in [0.15, 0.2) is 0 Å². The van der Waals surface area contributed by atoms with Crippen LogP contribution in [0.15, 0.2) is 0 Å². The molecule has 1 fully saturated rings. The molecule has 0 radical (unpaired) electrons. The van der Waals surface area contributed by atoms with Crippen LogP contribution in [0.1, 0.15) is 6.42 Å². The Kier molecular flexibility index (Phi) is 3.25. The molecule has 0 saturated carbocycles. The highest BCUT2D eigenvalue weighted by Crippen LogP contribution is 2.20. The summed E-state index contributed by atoms with van der Waals surface area (Å²) in [6.45, 7) is 1.04. The third-order valence-electron chi connectivity index (χ3n) is 2.30. The maximum atomic E-state index is 11.2. The average Bonchev–Trinajstić information content (AvgIpc) is 2.16. The van der Waals surface area contributed by atoms with Gasteiger partial charge in [0, 0.05) is 6.54 Å². The van der Waals surface area contributed by atoms with Gasteiger partial charge in [0.05, 0.1) is 18.9 Å². The second-order valence-corrected chi connectivity index (χ2v) is 3.07. The molecule has 5 heteroatoms. The zero-order valence-electron chi connectivity index (χ0n) is 7.45. The number of carboxylic acid groups (broad SMARTS) is 1. The normalized spacial score (nSPS) is 28.1. The molecule has 0 aromatic heterocycles. The summed E-state index contributed by atoms with van der Waals surface area (Å²) in [6.07, 6.45) is 0.481. The maximum Gasteiger partial charge on any atom is 0.310 e. The summed E-state index contributed by atoms with van der Waals surface area (Å²) in [5, 5.41) is 11.8. The lowest BCUT2D eigenvalue weighted by molar-refractivity contribution is -0.156. The highest BCUT2D eigenvalue weighted by molar-refractivity contribution is 5.81. The van der Waals surface area contributed by atoms with E-state index in [0.717, 1.165) is 0 Å². The summed E-state index contributed by atoms with van der Waals surface area (Å²) in [5.74, 6) is -2.51. The molecule has 2 N–H and O–H groups in total. The molecule has 74 valence electrons. The molecular formula is C8H13NO4. The lowest BCUT2D eigenvalue weighted by Gasteiger charge is -2.26. The Balaban J connectivity index is 2.67. The summed E-state index contributed by atoms with van der Waals surface area (Å²) < 4.78 is 4.53. The van der Waals surface area contributed by atoms with Crippen LogP contribution in [0, 0.1) is 11.8 Å². The highest BCUT2D eigenvalue weighted by Gasteiger charge is 2.36. The molecule has 1 rings (SSSR count). The van der Waals surface area contributed by atoms with Crippen molar-refractivity contribution in [2.45, 2.75) is 6.42 Å². The minimum absolute atomic E-state index is 0.393. The average molecular weight is 187 g/mol. The SMILES string of the molecule is COC(=O)[C@@H]1CNCC[C@@H]1C(=O)O. The van der Waals surface area contributed by atoms with Crippen LogP contribution >= 0.6 is 0 Å². The fraction of sp³-hybridized carbons (Fsp3) is 0.750. The topological polar surface area (TPSA) is 75.6 Å². The molecular weight excluding hydrogens is 174 g/mol. The standard InChI is InChI=1S/C8H13NO4/c1-13-8(12)6-4-9-3-2-5(6)7(10)11/h5-6,9H,2-4H2,1H3,(H,10,11)/t5-,6+/m0/s1. The number of nitrogens with one attached hydrogen (secondary N) is 1. The molecule has 5 nitrogen and oxygen atoms in total. The fourth-order valence-corrected chi connectivity index (χ4v) is 1.55. The molecule has 0 aromatic carbocycles. The molecule has 1 aliphatic heterocycles. The molecule has 13 heavy (non-hydrogen) atoms. The number of aliphatic carboxylic acids is 1. The Morgan fingerprint density at radius 3 is 2.69 bits per heavy atom. The Hall–Kier alpha value is -1.10. The number of carbonyl (C=O) groups excluding carboxylic acids is 1. The zero-order chi connectivity index (χ0) is 9.84. The van der Waals surface area contributed by atoms with E-state index < -0.39 is 23.8 Å². The van der Waals surface area contributed by atoms with Crippen LogP contribution in [0.2, 0.25) is 0 Å². The Labute approximate surface area is 76.1 Å². The summed E-state index contributed by atoms with van der Waals surface area (Å²) in [7, 11) is 1.27. The Morgan fingerprint density at radius 1 is 1.46 bits per heavy atom. The van der Waals surface area contributed by atoms with Gasteiger partial charge in [-0.25, -0.2) is 0 Å². The van der Waals surface area contributed by atoms with Gasteiger partial charge in [-0.3, -0.25) is 9.59 Å². The Bertz CT molecular complexity index is 216. The van der Waals surface area contributed by atoms with Crippen molar-refractivity contribution in [3.8, 4) is 0 Å². The molecule has 0 amide bonds. The van der Waals surface area contributed by atoms with Crippen molar-refractivity contribution in [1.82, 2.24) is 5.32 Å². The highest BCUT2D eigenvalue weighted by atomic mass is 16.5. The van der Waals surface area contributed by atoms with Gasteiger partial charge < -0.3 is 15.2 Å². The van der Waals surface area contributed by atoms with Gasteiger partial charge in [-0.15, -0.1) is 0 Å². The number of rotatable bonds is 2. The number of methoxy groups -OCH3 is 1. The Morgan fingerprint density at radius 2 is 2.15 bits per heavy atom. The number of hydrogen-bond acceptors (Lipinski definition) is 4. The van der Waals surface area contributed by atoms with Crippen molar-refractivity contribution in [2.75, 3.05) is 20.2 Å². The summed E-state index contributed by atoms with van der Waals surface area (Å²) in [6, 6.07) is 0. The molecule has 1 saturated heterocycles. The number of hydrogen-bond donors (Lipinski definition) is 2. The maximum absolute atomic E-state index is 11.2. The van der Waals surface area contributed by atoms with Crippen LogP contribution in [0.3, 0.4) is 0 Å². The first kappa shape index (κ1) is 9.98. The third kappa shape index (κ3) is 2.18. The second kappa shape index (κ2) is 4.23. The first-order valence-electron chi connectivity index (χ1n) is 4.18. The van der Waals surface area contributed by atoms with Gasteiger partial charge in [-0.2, -0.15) is 0 Å². The van der Waals surface area contributed by atoms with E-state index in [1.54, 1.807) is 0 Å². The number of esters is 1. The summed E-state index contributed by atoms with van der Waals surface area (Å²) in [5.41, 5.74) is 0. The number of carbonyl (C=O) groups is 2. The van der Waals surface area contributed by atoms with Gasteiger partial charge in [0.25, 0.3) is 0 Å². The van der Waals surface area contributed by atoms with Crippen molar-refractivity contribution in [3.63, 3.8) is 0 Å². The van der Waals surface area contributed by atoms with E-state index >= 15 is 0 Å². The minimum atomic E-state index is -0.920. The summed E-state index contributed by atoms with van der Waals surface area (Å²) in [4.78, 5) is 21.9. The van der Waals surface area contributed by atoms with E-state index in [9.17, 15) is 9.59 Å². The van der Waals surface area contributed by atoms with E-state index in [0.29, 0.717) is 19.5 Å². The van der Waals surface area contributed by atoms with Crippen LogP contribution in [0.25, 0.3) is 0 Å². The van der Waals surface area contributed by atoms with Crippen LogP contribution in [0.5, 0.6) is 0 Å². The first-order chi connectivity index (χ1) is 6.16.